The number of aliphatic hydroxyl groups is 7. The van der Waals surface area contributed by atoms with Crippen molar-refractivity contribution in [1.82, 2.24) is 10.6 Å². The number of carbonyl (C=O) groups is 1. The third-order valence-corrected chi connectivity index (χ3v) is 18.1. The van der Waals surface area contributed by atoms with Crippen molar-refractivity contribution in [2.24, 2.45) is 52.1 Å². The van der Waals surface area contributed by atoms with Crippen LogP contribution in [0.1, 0.15) is 137 Å². The van der Waals surface area contributed by atoms with Gasteiger partial charge in [-0.3, -0.25) is 4.79 Å². The number of nitrogens with two attached hydrogens (primary N) is 1. The summed E-state index contributed by atoms with van der Waals surface area (Å²) >= 11 is 0. The van der Waals surface area contributed by atoms with Crippen LogP contribution in [0.2, 0.25) is 0 Å². The Labute approximate surface area is 351 Å². The van der Waals surface area contributed by atoms with Crippen LogP contribution < -0.4 is 16.4 Å². The summed E-state index contributed by atoms with van der Waals surface area (Å²) < 4.78 is 6.94. The van der Waals surface area contributed by atoms with Gasteiger partial charge in [-0.25, -0.2) is 0 Å². The van der Waals surface area contributed by atoms with Gasteiger partial charge >= 0.3 is 0 Å². The number of aliphatic hydroxyl groups excluding tert-OH is 4. The van der Waals surface area contributed by atoms with Crippen molar-refractivity contribution in [2.45, 2.75) is 196 Å². The fourth-order valence-electron chi connectivity index (χ4n) is 15.0. The van der Waals surface area contributed by atoms with Crippen LogP contribution in [-0.2, 0) is 9.53 Å². The summed E-state index contributed by atoms with van der Waals surface area (Å²) in [6.45, 7) is 7.71. The first-order valence-corrected chi connectivity index (χ1v) is 23.4. The number of ether oxygens (including phenoxy) is 1. The molecule has 0 amide bonds. The van der Waals surface area contributed by atoms with Gasteiger partial charge in [-0.05, 0) is 150 Å². The second kappa shape index (κ2) is 16.0. The molecule has 5 saturated carbocycles. The van der Waals surface area contributed by atoms with Crippen molar-refractivity contribution in [3.63, 3.8) is 0 Å². The Morgan fingerprint density at radius 3 is 2.49 bits per heavy atom. The molecule has 11 N–H and O–H groups in total. The second-order valence-electron chi connectivity index (χ2n) is 21.2. The van der Waals surface area contributed by atoms with E-state index in [2.05, 4.69) is 17.6 Å². The van der Waals surface area contributed by atoms with Crippen LogP contribution in [0, 0.1) is 46.3 Å². The van der Waals surface area contributed by atoms with E-state index in [9.17, 15) is 35.7 Å². The van der Waals surface area contributed by atoms with Gasteiger partial charge in [0.2, 0.25) is 0 Å². The topological polar surface area (TPSA) is 218 Å². The summed E-state index contributed by atoms with van der Waals surface area (Å²) in [4.78, 5) is 15.1. The minimum Gasteiger partial charge on any atom is -0.393 e. The zero-order valence-electron chi connectivity index (χ0n) is 36.0. The zero-order valence-corrected chi connectivity index (χ0v) is 36.0. The molecule has 1 unspecified atom stereocenters. The molecule has 2 heterocycles. The number of allylic oxidation sites excluding steroid dienone is 3. The molecule has 8 rings (SSSR count). The van der Waals surface area contributed by atoms with Crippen molar-refractivity contribution in [3.8, 4) is 0 Å². The summed E-state index contributed by atoms with van der Waals surface area (Å²) in [5.74, 6) is -1.33. The molecular weight excluding hydrogens is 751 g/mol. The third kappa shape index (κ3) is 6.92. The summed E-state index contributed by atoms with van der Waals surface area (Å²) in [5, 5.41) is 91.3. The molecule has 332 valence electrons. The highest BCUT2D eigenvalue weighted by atomic mass is 16.5. The van der Waals surface area contributed by atoms with E-state index in [-0.39, 0.29) is 73.7 Å². The average Bonchev–Trinajstić information content (AvgIpc) is 3.58. The van der Waals surface area contributed by atoms with Crippen LogP contribution in [0.15, 0.2) is 35.2 Å². The largest absolute Gasteiger partial charge is 0.393 e. The molecule has 59 heavy (non-hydrogen) atoms. The Balaban J connectivity index is 1.17. The van der Waals surface area contributed by atoms with Gasteiger partial charge in [-0.1, -0.05) is 39.2 Å². The number of hydrogen-bond acceptors (Lipinski definition) is 12. The first kappa shape index (κ1) is 43.8. The van der Waals surface area contributed by atoms with E-state index in [0.29, 0.717) is 56.4 Å². The Morgan fingerprint density at radius 1 is 1.02 bits per heavy atom. The molecule has 6 aliphatic carbocycles. The van der Waals surface area contributed by atoms with Gasteiger partial charge in [0.25, 0.3) is 0 Å². The minimum absolute atomic E-state index is 0.0870. The van der Waals surface area contributed by atoms with E-state index in [1.54, 1.807) is 13.8 Å². The lowest BCUT2D eigenvalue weighted by molar-refractivity contribution is -0.254. The highest BCUT2D eigenvalue weighted by molar-refractivity contribution is 6.00. The predicted octanol–water partition coefficient (Wildman–Crippen LogP) is 3.59. The maximum absolute atomic E-state index is 15.1. The van der Waals surface area contributed by atoms with Crippen LogP contribution in [0.4, 0.5) is 0 Å². The molecule has 12 heteroatoms. The standard InChI is InChI=1S/C47H75N3O9/c1-5-7-27-9-12-29-35(13-10-27)59-42-38(29)32(52)8-6-18-47(42,58)44(4,56)36-17-21-46(57)39-30(16-19-43(36,46)3)45(20-15-28-11-14-37(48)49-25-28)23-34(54)33(53)22-31(45)41(55)40(39)50-24-26(2)51/h11,14,25-27,29-38,42,49-54,56-58H,5-10,12-13,15-24,48H2,1-4H3/t26-,27+,29+,30-,31-,32+,33+,34-,35+,36-,37?,38+,42+,43+,44+,45+,46+,47+/m0/s1. The van der Waals surface area contributed by atoms with Crippen LogP contribution in [-0.4, -0.2) is 108 Å². The highest BCUT2D eigenvalue weighted by Crippen LogP contribution is 2.71. The molecule has 0 spiro atoms. The molecule has 8 aliphatic rings. The summed E-state index contributed by atoms with van der Waals surface area (Å²) in [6.07, 6.45) is 11.8. The number of carbonyl (C=O) groups excluding carboxylic acids is 1. The summed E-state index contributed by atoms with van der Waals surface area (Å²) in [7, 11) is 0. The van der Waals surface area contributed by atoms with Crippen LogP contribution in [0.3, 0.4) is 0 Å². The second-order valence-corrected chi connectivity index (χ2v) is 21.2. The van der Waals surface area contributed by atoms with E-state index in [0.717, 1.165) is 37.7 Å². The van der Waals surface area contributed by atoms with Crippen LogP contribution >= 0.6 is 0 Å². The number of ketones is 1. The van der Waals surface area contributed by atoms with Crippen molar-refractivity contribution in [1.29, 1.82) is 0 Å². The van der Waals surface area contributed by atoms with E-state index in [4.69, 9.17) is 10.5 Å². The van der Waals surface area contributed by atoms with Crippen LogP contribution in [0.5, 0.6) is 0 Å². The van der Waals surface area contributed by atoms with Gasteiger partial charge in [0, 0.05) is 30.0 Å². The number of rotatable bonds is 10. The maximum Gasteiger partial charge on any atom is 0.182 e. The quantitative estimate of drug-likeness (QED) is 0.153. The molecule has 0 radical (unpaired) electrons. The van der Waals surface area contributed by atoms with Crippen molar-refractivity contribution in [3.05, 3.63) is 35.2 Å². The van der Waals surface area contributed by atoms with Crippen molar-refractivity contribution >= 4 is 5.78 Å². The first-order valence-electron chi connectivity index (χ1n) is 23.4. The lowest BCUT2D eigenvalue weighted by atomic mass is 9.43. The average molecular weight is 826 g/mol. The van der Waals surface area contributed by atoms with E-state index in [1.807, 2.05) is 25.3 Å². The summed E-state index contributed by atoms with van der Waals surface area (Å²) in [6, 6.07) is 0. The molecule has 0 aromatic rings. The predicted molar refractivity (Wildman–Crippen MR) is 223 cm³/mol. The first-order chi connectivity index (χ1) is 27.9. The molecule has 0 aromatic carbocycles. The number of fused-ring (bicyclic) bond motifs is 8. The molecule has 6 fully saturated rings. The Bertz CT molecular complexity index is 1680. The number of Topliss-reactive ketones (excluding diaryl/α,β-unsaturated/α-hetero) is 1. The van der Waals surface area contributed by atoms with E-state index >= 15 is 4.79 Å². The summed E-state index contributed by atoms with van der Waals surface area (Å²) in [5.41, 5.74) is 1.17. The molecule has 0 aromatic heterocycles. The van der Waals surface area contributed by atoms with Crippen LogP contribution in [0.25, 0.3) is 0 Å². The Morgan fingerprint density at radius 2 is 1.78 bits per heavy atom. The number of hydrogen-bond donors (Lipinski definition) is 10. The van der Waals surface area contributed by atoms with Crippen molar-refractivity contribution < 1.29 is 45.3 Å². The van der Waals surface area contributed by atoms with Gasteiger partial charge in [-0.2, -0.15) is 0 Å². The highest BCUT2D eigenvalue weighted by Gasteiger charge is 2.74. The fraction of sp³-hybridized carbons (Fsp3) is 0.851. The molecule has 12 nitrogen and oxygen atoms in total. The molecule has 18 atom stereocenters. The molecule has 1 saturated heterocycles. The van der Waals surface area contributed by atoms with Gasteiger partial charge in [0.05, 0.1) is 59.7 Å². The monoisotopic (exact) mass is 826 g/mol. The van der Waals surface area contributed by atoms with Crippen molar-refractivity contribution in [2.75, 3.05) is 6.54 Å². The molecule has 2 aliphatic heterocycles. The third-order valence-electron chi connectivity index (χ3n) is 18.1. The van der Waals surface area contributed by atoms with Gasteiger partial charge in [-0.15, -0.1) is 0 Å². The fourth-order valence-corrected chi connectivity index (χ4v) is 15.0. The number of nitrogens with one attached hydrogen (secondary N) is 2. The lowest BCUT2D eigenvalue weighted by Gasteiger charge is -2.63. The minimum atomic E-state index is -1.73. The zero-order chi connectivity index (χ0) is 42.3. The maximum atomic E-state index is 15.1. The number of dihydropyridines is 1. The SMILES string of the molecule is CCC[C@@H]1CC[C@H]2[C@@H]3[C@H](O)CCC[C@](O)([C@](C)(O)[C@H]4CC[C@@]5(O)C6=C(NC[C@H](C)O)C(=O)[C@@H]7C[C@@H](O)[C@@H](O)C[C@]7(CCC7=CNC(N)C=C7)[C@H]6CC[C@]45C)[C@@H]3O[C@@H]2CC1. The lowest BCUT2D eigenvalue weighted by Crippen LogP contribution is -2.69. The molecule has 0 bridgehead atoms. The normalized spacial score (nSPS) is 48.5. The smallest absolute Gasteiger partial charge is 0.182 e. The Kier molecular flexibility index (Phi) is 11.9. The van der Waals surface area contributed by atoms with E-state index < -0.39 is 70.0 Å². The Hall–Kier alpha value is -1.87. The van der Waals surface area contributed by atoms with Gasteiger partial charge in [0.1, 0.15) is 5.60 Å². The van der Waals surface area contributed by atoms with E-state index in [1.165, 1.54) is 6.42 Å². The van der Waals surface area contributed by atoms with Gasteiger partial charge in [0.15, 0.2) is 5.78 Å². The van der Waals surface area contributed by atoms with Gasteiger partial charge < -0.3 is 56.8 Å². The molecular formula is C47H75N3O9.